The average molecular weight is 629 g/mol. The van der Waals surface area contributed by atoms with Crippen LogP contribution in [0.2, 0.25) is 0 Å². The SMILES string of the molecule is [2H]C([2H])([2H])c1cccc2nc(-c3cccc4c3oc3cc5c(nc34)oc3ccccc35)n(-c3c(C(C)C)cc(-c4ccccc4)cc3C(C)C)c12. The summed E-state index contributed by atoms with van der Waals surface area (Å²) >= 11 is 0. The minimum absolute atomic E-state index is 0.114. The van der Waals surface area contributed by atoms with Crippen molar-refractivity contribution in [3.8, 4) is 28.2 Å². The molecule has 0 bridgehead atoms. The molecule has 4 aromatic heterocycles. The molecule has 0 spiro atoms. The molecule has 0 unspecified atom stereocenters. The van der Waals surface area contributed by atoms with Gasteiger partial charge in [-0.05, 0) is 89.0 Å². The zero-order valence-corrected chi connectivity index (χ0v) is 27.2. The number of imidazole rings is 1. The number of rotatable bonds is 5. The van der Waals surface area contributed by atoms with Gasteiger partial charge in [-0.1, -0.05) is 94.4 Å². The summed E-state index contributed by atoms with van der Waals surface area (Å²) in [6.45, 7) is 6.37. The summed E-state index contributed by atoms with van der Waals surface area (Å²) in [4.78, 5) is 10.2. The fourth-order valence-electron chi connectivity index (χ4n) is 7.16. The Morgan fingerprint density at radius 2 is 1.38 bits per heavy atom. The Hall–Kier alpha value is -5.68. The first-order valence-corrected chi connectivity index (χ1v) is 16.5. The standard InChI is InChI=1S/C43H35N3O2/c1-24(2)32-21-28(27-14-7-6-8-15-27)22-33(25(3)4)40(32)46-39-26(5)13-11-19-35(39)44-42(46)31-18-12-17-30-38-37(47-41(30)31)23-34-29-16-9-10-20-36(29)48-43(34)45-38/h6-25H,1-5H3/i5D3. The van der Waals surface area contributed by atoms with E-state index in [4.69, 9.17) is 22.9 Å². The maximum Gasteiger partial charge on any atom is 0.228 e. The van der Waals surface area contributed by atoms with Crippen molar-refractivity contribution in [2.75, 3.05) is 0 Å². The number of para-hydroxylation sites is 3. The van der Waals surface area contributed by atoms with Crippen molar-refractivity contribution in [3.05, 3.63) is 126 Å². The molecular weight excluding hydrogens is 590 g/mol. The second-order valence-electron chi connectivity index (χ2n) is 13.2. The van der Waals surface area contributed by atoms with Gasteiger partial charge in [0, 0.05) is 14.9 Å². The third-order valence-corrected chi connectivity index (χ3v) is 9.48. The lowest BCUT2D eigenvalue weighted by atomic mass is 9.88. The van der Waals surface area contributed by atoms with Crippen LogP contribution in [0.15, 0.2) is 118 Å². The second kappa shape index (κ2) is 10.7. The summed E-state index contributed by atoms with van der Waals surface area (Å²) in [7, 11) is 0. The Labute approximate surface area is 282 Å². The fraction of sp³-hybridized carbons (Fsp3) is 0.163. The van der Waals surface area contributed by atoms with Gasteiger partial charge in [0.1, 0.15) is 22.5 Å². The van der Waals surface area contributed by atoms with E-state index in [9.17, 15) is 0 Å². The quantitative estimate of drug-likeness (QED) is 0.190. The van der Waals surface area contributed by atoms with Crippen LogP contribution in [0.4, 0.5) is 0 Å². The van der Waals surface area contributed by atoms with Gasteiger partial charge in [-0.25, -0.2) is 9.97 Å². The van der Waals surface area contributed by atoms with Crippen molar-refractivity contribution < 1.29 is 12.9 Å². The molecule has 0 amide bonds. The highest BCUT2D eigenvalue weighted by Gasteiger charge is 2.26. The predicted octanol–water partition coefficient (Wildman–Crippen LogP) is 12.1. The maximum atomic E-state index is 8.62. The molecule has 234 valence electrons. The van der Waals surface area contributed by atoms with Gasteiger partial charge < -0.3 is 8.83 Å². The summed E-state index contributed by atoms with van der Waals surface area (Å²) in [5.41, 5.74) is 10.9. The highest BCUT2D eigenvalue weighted by molar-refractivity contribution is 6.13. The molecule has 0 saturated heterocycles. The van der Waals surface area contributed by atoms with Crippen LogP contribution in [-0.2, 0) is 0 Å². The van der Waals surface area contributed by atoms with Gasteiger partial charge >= 0.3 is 0 Å². The Morgan fingerprint density at radius 1 is 0.646 bits per heavy atom. The number of hydrogen-bond donors (Lipinski definition) is 0. The monoisotopic (exact) mass is 628 g/mol. The van der Waals surface area contributed by atoms with Crippen LogP contribution in [0.25, 0.3) is 83.4 Å². The molecular formula is C43H35N3O2. The van der Waals surface area contributed by atoms with Crippen molar-refractivity contribution in [1.29, 1.82) is 0 Å². The van der Waals surface area contributed by atoms with Crippen molar-refractivity contribution in [2.45, 2.75) is 46.4 Å². The number of fused-ring (bicyclic) bond motifs is 7. The number of hydrogen-bond acceptors (Lipinski definition) is 4. The van der Waals surface area contributed by atoms with Crippen molar-refractivity contribution in [3.63, 3.8) is 0 Å². The van der Waals surface area contributed by atoms with Gasteiger partial charge in [-0.2, -0.15) is 0 Å². The minimum atomic E-state index is -2.37. The lowest BCUT2D eigenvalue weighted by Crippen LogP contribution is -2.10. The molecule has 0 saturated carbocycles. The van der Waals surface area contributed by atoms with Gasteiger partial charge in [0.15, 0.2) is 5.58 Å². The molecule has 0 N–H and O–H groups in total. The van der Waals surface area contributed by atoms with Crippen LogP contribution in [0.1, 0.15) is 60.3 Å². The second-order valence-corrected chi connectivity index (χ2v) is 13.2. The van der Waals surface area contributed by atoms with E-state index in [0.717, 1.165) is 55.2 Å². The van der Waals surface area contributed by atoms with E-state index in [1.807, 2.05) is 60.7 Å². The molecule has 5 heteroatoms. The Balaban J connectivity index is 1.40. The number of aromatic nitrogens is 3. The summed E-state index contributed by atoms with van der Waals surface area (Å²) < 4.78 is 40.8. The van der Waals surface area contributed by atoms with Gasteiger partial charge in [-0.3, -0.25) is 4.57 Å². The third-order valence-electron chi connectivity index (χ3n) is 9.48. The highest BCUT2D eigenvalue weighted by atomic mass is 16.3. The molecule has 0 aliphatic rings. The van der Waals surface area contributed by atoms with Crippen molar-refractivity contribution in [2.24, 2.45) is 0 Å². The van der Waals surface area contributed by atoms with E-state index in [-0.39, 0.29) is 17.4 Å². The van der Waals surface area contributed by atoms with E-state index in [2.05, 4.69) is 68.7 Å². The number of benzene rings is 5. The molecule has 48 heavy (non-hydrogen) atoms. The molecule has 0 aliphatic carbocycles. The smallest absolute Gasteiger partial charge is 0.228 e. The fourth-order valence-corrected chi connectivity index (χ4v) is 7.16. The lowest BCUT2D eigenvalue weighted by molar-refractivity contribution is 0.652. The van der Waals surface area contributed by atoms with E-state index in [0.29, 0.717) is 39.3 Å². The summed E-state index contributed by atoms with van der Waals surface area (Å²) in [5, 5.41) is 2.69. The van der Waals surface area contributed by atoms with E-state index in [1.165, 1.54) is 0 Å². The minimum Gasteiger partial charge on any atom is -0.454 e. The number of nitrogens with zero attached hydrogens (tertiary/aromatic N) is 3. The predicted molar refractivity (Wildman–Crippen MR) is 197 cm³/mol. The van der Waals surface area contributed by atoms with Crippen molar-refractivity contribution >= 4 is 55.2 Å². The van der Waals surface area contributed by atoms with Crippen LogP contribution in [0, 0.1) is 6.85 Å². The van der Waals surface area contributed by atoms with Crippen LogP contribution in [-0.4, -0.2) is 14.5 Å². The molecule has 9 aromatic rings. The first kappa shape index (κ1) is 25.4. The third kappa shape index (κ3) is 4.24. The number of furan rings is 2. The van der Waals surface area contributed by atoms with Crippen LogP contribution in [0.3, 0.4) is 0 Å². The first-order valence-electron chi connectivity index (χ1n) is 18.0. The van der Waals surface area contributed by atoms with Gasteiger partial charge in [-0.15, -0.1) is 0 Å². The van der Waals surface area contributed by atoms with Crippen molar-refractivity contribution in [1.82, 2.24) is 14.5 Å². The number of pyridine rings is 1. The van der Waals surface area contributed by atoms with Gasteiger partial charge in [0.05, 0.1) is 27.7 Å². The Kier molecular flexibility index (Phi) is 5.65. The zero-order chi connectivity index (χ0) is 35.2. The molecule has 5 aromatic carbocycles. The summed E-state index contributed by atoms with van der Waals surface area (Å²) in [6, 6.07) is 36.1. The van der Waals surface area contributed by atoms with Crippen LogP contribution in [0.5, 0.6) is 0 Å². The molecule has 4 heterocycles. The highest BCUT2D eigenvalue weighted by Crippen LogP contribution is 2.43. The lowest BCUT2D eigenvalue weighted by Gasteiger charge is -2.24. The first-order chi connectivity index (χ1) is 24.6. The van der Waals surface area contributed by atoms with E-state index in [1.54, 1.807) is 12.1 Å². The zero-order valence-electron chi connectivity index (χ0n) is 30.2. The average Bonchev–Trinajstić information content (AvgIpc) is 3.80. The molecule has 0 aliphatic heterocycles. The van der Waals surface area contributed by atoms with Gasteiger partial charge in [0.2, 0.25) is 5.71 Å². The van der Waals surface area contributed by atoms with E-state index >= 15 is 0 Å². The summed E-state index contributed by atoms with van der Waals surface area (Å²) in [5.74, 6) is 0.836. The molecule has 0 fully saturated rings. The Bertz CT molecular complexity index is 2780. The van der Waals surface area contributed by atoms with Crippen LogP contribution >= 0.6 is 0 Å². The molecule has 5 nitrogen and oxygen atoms in total. The maximum absolute atomic E-state index is 8.62. The molecule has 0 atom stereocenters. The van der Waals surface area contributed by atoms with Crippen LogP contribution < -0.4 is 0 Å². The number of aryl methyl sites for hydroxylation is 1. The largest absolute Gasteiger partial charge is 0.454 e. The van der Waals surface area contributed by atoms with E-state index < -0.39 is 6.85 Å². The molecule has 9 rings (SSSR count). The summed E-state index contributed by atoms with van der Waals surface area (Å²) in [6.07, 6.45) is 0. The topological polar surface area (TPSA) is 57.0 Å². The normalized spacial score (nSPS) is 13.4. The Morgan fingerprint density at radius 3 is 2.15 bits per heavy atom. The van der Waals surface area contributed by atoms with Gasteiger partial charge in [0.25, 0.3) is 0 Å². The molecule has 0 radical (unpaired) electrons.